The molecule has 0 bridgehead atoms. The van der Waals surface area contributed by atoms with Crippen LogP contribution in [0, 0.1) is 0 Å². The van der Waals surface area contributed by atoms with Crippen molar-refractivity contribution in [1.29, 1.82) is 0 Å². The van der Waals surface area contributed by atoms with Crippen LogP contribution in [0.5, 0.6) is 0 Å². The van der Waals surface area contributed by atoms with Gasteiger partial charge in [-0.05, 0) is 23.8 Å². The van der Waals surface area contributed by atoms with E-state index in [1.54, 1.807) is 18.3 Å². The number of carboxylic acid groups (broad SMARTS) is 1. The topological polar surface area (TPSA) is 93.3 Å². The number of amides is 2. The summed E-state index contributed by atoms with van der Waals surface area (Å²) in [5.74, 6) is -2.66. The van der Waals surface area contributed by atoms with Gasteiger partial charge in [-0.1, -0.05) is 30.3 Å². The van der Waals surface area contributed by atoms with Crippen LogP contribution in [-0.4, -0.2) is 33.7 Å². The van der Waals surface area contributed by atoms with Gasteiger partial charge in [-0.2, -0.15) is 0 Å². The van der Waals surface area contributed by atoms with Gasteiger partial charge in [0.1, 0.15) is 0 Å². The Morgan fingerprint density at radius 1 is 1.00 bits per heavy atom. The Hall–Kier alpha value is -3.41. The van der Waals surface area contributed by atoms with Crippen molar-refractivity contribution in [2.24, 2.45) is 0 Å². The monoisotopic (exact) mass is 333 g/mol. The van der Waals surface area contributed by atoms with Crippen molar-refractivity contribution in [2.75, 3.05) is 0 Å². The minimum Gasteiger partial charge on any atom is -0.548 e. The van der Waals surface area contributed by atoms with Gasteiger partial charge in [0.05, 0.1) is 23.1 Å². The summed E-state index contributed by atoms with van der Waals surface area (Å²) in [6, 6.07) is 12.4. The van der Waals surface area contributed by atoms with Gasteiger partial charge in [-0.3, -0.25) is 14.5 Å². The maximum atomic E-state index is 12.6. The van der Waals surface area contributed by atoms with Gasteiger partial charge >= 0.3 is 0 Å². The highest BCUT2D eigenvalue weighted by Crippen LogP contribution is 2.27. The normalized spacial score (nSPS) is 14.8. The molecule has 0 fully saturated rings. The quantitative estimate of drug-likeness (QED) is 0.724. The number of aromatic nitrogens is 1. The van der Waals surface area contributed by atoms with Gasteiger partial charge in [-0.25, -0.2) is 0 Å². The second-order valence-corrected chi connectivity index (χ2v) is 5.92. The van der Waals surface area contributed by atoms with E-state index in [0.29, 0.717) is 5.56 Å². The zero-order chi connectivity index (χ0) is 17.6. The maximum Gasteiger partial charge on any atom is 0.262 e. The third-order valence-electron chi connectivity index (χ3n) is 4.50. The number of para-hydroxylation sites is 1. The molecule has 0 radical (unpaired) electrons. The molecular weight excluding hydrogens is 320 g/mol. The summed E-state index contributed by atoms with van der Waals surface area (Å²) in [6.45, 7) is 0. The number of aromatic amines is 1. The van der Waals surface area contributed by atoms with Gasteiger partial charge in [0.15, 0.2) is 0 Å². The highest BCUT2D eigenvalue weighted by molar-refractivity contribution is 6.22. The lowest BCUT2D eigenvalue weighted by Crippen LogP contribution is -2.51. The molecule has 1 aliphatic heterocycles. The van der Waals surface area contributed by atoms with E-state index in [4.69, 9.17) is 0 Å². The summed E-state index contributed by atoms with van der Waals surface area (Å²) in [4.78, 5) is 40.7. The third kappa shape index (κ3) is 2.30. The van der Waals surface area contributed by atoms with Crippen molar-refractivity contribution < 1.29 is 19.5 Å². The Morgan fingerprint density at radius 2 is 1.60 bits per heavy atom. The van der Waals surface area contributed by atoms with E-state index in [2.05, 4.69) is 4.98 Å². The minimum atomic E-state index is -1.46. The van der Waals surface area contributed by atoms with Crippen LogP contribution in [0.25, 0.3) is 10.9 Å². The number of nitrogens with zero attached hydrogens (tertiary/aromatic N) is 1. The standard InChI is InChI=1S/C19H14N2O4/c22-17-13-6-1-2-7-14(13)18(23)21(17)16(19(24)25)9-11-10-20-15-8-4-3-5-12(11)15/h1-8,10,16,20H,9H2,(H,24,25)/p-1/t16-/m1/s1. The lowest BCUT2D eigenvalue weighted by atomic mass is 10.0. The molecule has 3 aromatic rings. The fourth-order valence-electron chi connectivity index (χ4n) is 3.28. The summed E-state index contributed by atoms with van der Waals surface area (Å²) in [5.41, 5.74) is 2.01. The van der Waals surface area contributed by atoms with Crippen molar-refractivity contribution in [3.63, 3.8) is 0 Å². The maximum absolute atomic E-state index is 12.6. The molecule has 1 N–H and O–H groups in total. The van der Waals surface area contributed by atoms with Gasteiger partial charge < -0.3 is 14.9 Å². The lowest BCUT2D eigenvalue weighted by molar-refractivity contribution is -0.310. The third-order valence-corrected chi connectivity index (χ3v) is 4.50. The second kappa shape index (κ2) is 5.59. The van der Waals surface area contributed by atoms with E-state index >= 15 is 0 Å². The second-order valence-electron chi connectivity index (χ2n) is 5.92. The molecule has 0 aliphatic carbocycles. The molecule has 1 aliphatic rings. The molecule has 2 aromatic carbocycles. The Morgan fingerprint density at radius 3 is 2.24 bits per heavy atom. The van der Waals surface area contributed by atoms with Crippen molar-refractivity contribution in [3.8, 4) is 0 Å². The fraction of sp³-hybridized carbons (Fsp3) is 0.105. The van der Waals surface area contributed by atoms with Crippen LogP contribution in [0.1, 0.15) is 26.3 Å². The molecule has 2 heterocycles. The van der Waals surface area contributed by atoms with E-state index in [0.717, 1.165) is 15.8 Å². The highest BCUT2D eigenvalue weighted by Gasteiger charge is 2.40. The number of carboxylic acids is 1. The minimum absolute atomic E-state index is 0.0161. The fourth-order valence-corrected chi connectivity index (χ4v) is 3.28. The molecule has 0 saturated heterocycles. The lowest BCUT2D eigenvalue weighted by Gasteiger charge is -2.27. The number of H-pyrrole nitrogens is 1. The Kier molecular flexibility index (Phi) is 3.39. The number of hydrogen-bond acceptors (Lipinski definition) is 4. The van der Waals surface area contributed by atoms with Crippen LogP contribution in [0.15, 0.2) is 54.7 Å². The summed E-state index contributed by atoms with van der Waals surface area (Å²) in [5, 5.41) is 12.6. The van der Waals surface area contributed by atoms with Gasteiger partial charge in [0.25, 0.3) is 11.8 Å². The van der Waals surface area contributed by atoms with Crippen molar-refractivity contribution in [3.05, 3.63) is 71.4 Å². The van der Waals surface area contributed by atoms with E-state index in [-0.39, 0.29) is 17.5 Å². The number of hydrogen-bond donors (Lipinski definition) is 1. The first kappa shape index (κ1) is 15.1. The first-order valence-electron chi connectivity index (χ1n) is 7.80. The van der Waals surface area contributed by atoms with Crippen molar-refractivity contribution >= 4 is 28.7 Å². The molecule has 124 valence electrons. The largest absolute Gasteiger partial charge is 0.548 e. The Labute approximate surface area is 142 Å². The number of aliphatic carboxylic acids is 1. The first-order chi connectivity index (χ1) is 12.1. The highest BCUT2D eigenvalue weighted by atomic mass is 16.4. The number of benzene rings is 2. The van der Waals surface area contributed by atoms with E-state index in [1.807, 2.05) is 24.3 Å². The summed E-state index contributed by atoms with van der Waals surface area (Å²) >= 11 is 0. The molecule has 25 heavy (non-hydrogen) atoms. The van der Waals surface area contributed by atoms with Gasteiger partial charge in [0.2, 0.25) is 0 Å². The average molecular weight is 333 g/mol. The summed E-state index contributed by atoms with van der Waals surface area (Å²) < 4.78 is 0. The molecule has 0 spiro atoms. The molecule has 4 rings (SSSR count). The van der Waals surface area contributed by atoms with E-state index < -0.39 is 23.8 Å². The number of nitrogens with one attached hydrogen (secondary N) is 1. The number of rotatable bonds is 4. The Balaban J connectivity index is 1.73. The molecule has 1 aromatic heterocycles. The van der Waals surface area contributed by atoms with Crippen LogP contribution in [0.2, 0.25) is 0 Å². The number of carbonyl (C=O) groups is 3. The SMILES string of the molecule is O=C([O-])[C@@H](Cc1c[nH]c2ccccc12)N1C(=O)c2ccccc2C1=O. The predicted molar refractivity (Wildman–Crippen MR) is 87.7 cm³/mol. The van der Waals surface area contributed by atoms with Crippen molar-refractivity contribution in [1.82, 2.24) is 9.88 Å². The first-order valence-corrected chi connectivity index (χ1v) is 7.80. The van der Waals surface area contributed by atoms with Crippen LogP contribution < -0.4 is 5.11 Å². The number of fused-ring (bicyclic) bond motifs is 2. The van der Waals surface area contributed by atoms with Gasteiger partial charge in [-0.15, -0.1) is 0 Å². The molecule has 6 nitrogen and oxygen atoms in total. The summed E-state index contributed by atoms with van der Waals surface area (Å²) in [7, 11) is 0. The van der Waals surface area contributed by atoms with Crippen LogP contribution >= 0.6 is 0 Å². The molecule has 1 atom stereocenters. The van der Waals surface area contributed by atoms with E-state index in [9.17, 15) is 19.5 Å². The smallest absolute Gasteiger partial charge is 0.262 e. The zero-order valence-electron chi connectivity index (χ0n) is 13.1. The molecule has 2 amide bonds. The van der Waals surface area contributed by atoms with Crippen LogP contribution in [-0.2, 0) is 11.2 Å². The van der Waals surface area contributed by atoms with Crippen molar-refractivity contribution in [2.45, 2.75) is 12.5 Å². The molecule has 6 heteroatoms. The molecule has 0 saturated carbocycles. The number of carbonyl (C=O) groups excluding carboxylic acids is 3. The summed E-state index contributed by atoms with van der Waals surface area (Å²) in [6.07, 6.45) is 1.68. The molecular formula is C19H13N2O4-. The molecule has 0 unspecified atom stereocenters. The number of imide groups is 1. The zero-order valence-corrected chi connectivity index (χ0v) is 13.1. The van der Waals surface area contributed by atoms with Crippen LogP contribution in [0.3, 0.4) is 0 Å². The Bertz CT molecular complexity index is 986. The van der Waals surface area contributed by atoms with Crippen LogP contribution in [0.4, 0.5) is 0 Å². The van der Waals surface area contributed by atoms with E-state index in [1.165, 1.54) is 12.1 Å². The average Bonchev–Trinajstić information content (AvgIpc) is 3.13. The van der Waals surface area contributed by atoms with Gasteiger partial charge in [0, 0.05) is 23.5 Å². The predicted octanol–water partition coefficient (Wildman–Crippen LogP) is 1.13.